The van der Waals surface area contributed by atoms with E-state index >= 15 is 0 Å². The van der Waals surface area contributed by atoms with Crippen LogP contribution in [0.3, 0.4) is 0 Å². The third-order valence-corrected chi connectivity index (χ3v) is 2.36. The van der Waals surface area contributed by atoms with Crippen LogP contribution >= 0.6 is 0 Å². The predicted octanol–water partition coefficient (Wildman–Crippen LogP) is 0.581. The average molecular weight is 201 g/mol. The molecule has 1 fully saturated rings. The third-order valence-electron chi connectivity index (χ3n) is 2.36. The van der Waals surface area contributed by atoms with E-state index in [1.807, 2.05) is 0 Å². The molecular weight excluding hydrogens is 186 g/mol. The molecule has 0 spiro atoms. The Morgan fingerprint density at radius 2 is 2.29 bits per heavy atom. The normalized spacial score (nSPS) is 26.2. The molecule has 0 aliphatic carbocycles. The largest absolute Gasteiger partial charge is 0.478 e. The van der Waals surface area contributed by atoms with Crippen molar-refractivity contribution in [3.05, 3.63) is 11.3 Å². The van der Waals surface area contributed by atoms with Crippen LogP contribution in [0, 0.1) is 0 Å². The van der Waals surface area contributed by atoms with Crippen LogP contribution in [0.2, 0.25) is 0 Å². The smallest absolute Gasteiger partial charge is 0.333 e. The molecule has 80 valence electrons. The van der Waals surface area contributed by atoms with Gasteiger partial charge in [0.2, 0.25) is 0 Å². The second-order valence-corrected chi connectivity index (χ2v) is 3.30. The van der Waals surface area contributed by atoms with Crippen LogP contribution in [-0.4, -0.2) is 39.1 Å². The molecule has 0 amide bonds. The van der Waals surface area contributed by atoms with Gasteiger partial charge in [0.15, 0.2) is 0 Å². The number of aliphatic hydroxyl groups is 1. The monoisotopic (exact) mass is 201 g/mol. The molecule has 0 aromatic rings. The zero-order valence-corrected chi connectivity index (χ0v) is 8.10. The summed E-state index contributed by atoms with van der Waals surface area (Å²) >= 11 is 0. The fourth-order valence-corrected chi connectivity index (χ4v) is 1.66. The molecule has 1 heterocycles. The zero-order chi connectivity index (χ0) is 10.7. The Morgan fingerprint density at radius 1 is 1.64 bits per heavy atom. The van der Waals surface area contributed by atoms with Gasteiger partial charge in [0.25, 0.3) is 0 Å². The lowest BCUT2D eigenvalue weighted by Crippen LogP contribution is -2.35. The van der Waals surface area contributed by atoms with Crippen molar-refractivity contribution in [2.24, 2.45) is 0 Å². The molecular formula is C9H15NO4. The molecule has 1 rings (SSSR count). The van der Waals surface area contributed by atoms with Crippen molar-refractivity contribution in [3.63, 3.8) is 0 Å². The first-order valence-corrected chi connectivity index (χ1v) is 4.68. The highest BCUT2D eigenvalue weighted by molar-refractivity contribution is 5.87. The Bertz CT molecular complexity index is 250. The van der Waals surface area contributed by atoms with E-state index in [2.05, 4.69) is 0 Å². The molecule has 5 nitrogen and oxygen atoms in total. The first-order chi connectivity index (χ1) is 6.57. The van der Waals surface area contributed by atoms with Crippen molar-refractivity contribution >= 4 is 5.97 Å². The Morgan fingerprint density at radius 3 is 2.71 bits per heavy atom. The van der Waals surface area contributed by atoms with E-state index < -0.39 is 12.1 Å². The molecule has 0 aromatic heterocycles. The number of hydrogen-bond donors (Lipinski definition) is 3. The fourth-order valence-electron chi connectivity index (χ4n) is 1.66. The van der Waals surface area contributed by atoms with E-state index in [9.17, 15) is 15.1 Å². The van der Waals surface area contributed by atoms with Crippen molar-refractivity contribution in [2.45, 2.75) is 32.3 Å². The molecule has 0 bridgehead atoms. The minimum absolute atomic E-state index is 0.0831. The summed E-state index contributed by atoms with van der Waals surface area (Å²) in [5.41, 5.74) is 0.228. The molecule has 1 atom stereocenters. The van der Waals surface area contributed by atoms with Gasteiger partial charge in [-0.2, -0.15) is 0 Å². The van der Waals surface area contributed by atoms with Crippen molar-refractivity contribution in [3.8, 4) is 0 Å². The van der Waals surface area contributed by atoms with Gasteiger partial charge < -0.3 is 10.2 Å². The summed E-state index contributed by atoms with van der Waals surface area (Å²) < 4.78 is 0. The lowest BCUT2D eigenvalue weighted by atomic mass is 10.00. The number of hydroxylamine groups is 2. The Balaban J connectivity index is 3.04. The van der Waals surface area contributed by atoms with Gasteiger partial charge >= 0.3 is 5.97 Å². The third kappa shape index (κ3) is 2.05. The first kappa shape index (κ1) is 11.0. The van der Waals surface area contributed by atoms with Gasteiger partial charge in [0, 0.05) is 6.54 Å². The van der Waals surface area contributed by atoms with Gasteiger partial charge in [0.05, 0.1) is 17.4 Å². The minimum Gasteiger partial charge on any atom is -0.478 e. The van der Waals surface area contributed by atoms with Gasteiger partial charge in [0.1, 0.15) is 0 Å². The number of hydrogen-bond acceptors (Lipinski definition) is 4. The summed E-state index contributed by atoms with van der Waals surface area (Å²) in [7, 11) is 0. The van der Waals surface area contributed by atoms with Gasteiger partial charge in [-0.25, -0.2) is 4.79 Å². The van der Waals surface area contributed by atoms with Gasteiger partial charge in [-0.05, 0) is 19.3 Å². The molecule has 5 heteroatoms. The van der Waals surface area contributed by atoms with E-state index in [1.165, 1.54) is 0 Å². The predicted molar refractivity (Wildman–Crippen MR) is 48.7 cm³/mol. The molecule has 0 radical (unpaired) electrons. The van der Waals surface area contributed by atoms with Gasteiger partial charge in [-0.1, -0.05) is 6.92 Å². The summed E-state index contributed by atoms with van der Waals surface area (Å²) in [5.74, 6) is -1.08. The van der Waals surface area contributed by atoms with E-state index in [0.717, 1.165) is 5.06 Å². The number of aliphatic carboxylic acids is 1. The molecule has 14 heavy (non-hydrogen) atoms. The van der Waals surface area contributed by atoms with Gasteiger partial charge in [-0.15, -0.1) is 0 Å². The van der Waals surface area contributed by atoms with E-state index in [4.69, 9.17) is 5.11 Å². The van der Waals surface area contributed by atoms with Crippen LogP contribution in [0.4, 0.5) is 0 Å². The van der Waals surface area contributed by atoms with Gasteiger partial charge in [-0.3, -0.25) is 10.3 Å². The summed E-state index contributed by atoms with van der Waals surface area (Å²) in [6.07, 6.45) is 0.597. The summed E-state index contributed by atoms with van der Waals surface area (Å²) in [6.45, 7) is 2.06. The quantitative estimate of drug-likeness (QED) is 0.569. The summed E-state index contributed by atoms with van der Waals surface area (Å²) in [6, 6.07) is 0. The number of rotatable bonds is 2. The van der Waals surface area contributed by atoms with Crippen molar-refractivity contribution < 1.29 is 20.2 Å². The second kappa shape index (κ2) is 4.43. The van der Waals surface area contributed by atoms with Crippen molar-refractivity contribution in [1.29, 1.82) is 0 Å². The fraction of sp³-hybridized carbons (Fsp3) is 0.667. The van der Waals surface area contributed by atoms with Crippen LogP contribution in [-0.2, 0) is 4.79 Å². The van der Waals surface area contributed by atoms with Crippen LogP contribution in [0.25, 0.3) is 0 Å². The zero-order valence-electron chi connectivity index (χ0n) is 8.10. The standard InChI is InChI=1S/C9H15NO4/c1-2-6(9(12)13)8-7(11)4-3-5-10(8)14/h7,11,14H,2-5H2,1H3,(H,12,13)/b8-6-. The maximum Gasteiger partial charge on any atom is 0.333 e. The number of piperidine rings is 1. The summed E-state index contributed by atoms with van der Waals surface area (Å²) in [4.78, 5) is 10.8. The lowest BCUT2D eigenvalue weighted by molar-refractivity contribution is -0.135. The maximum absolute atomic E-state index is 10.8. The van der Waals surface area contributed by atoms with Crippen LogP contribution in [0.15, 0.2) is 11.3 Å². The number of carboxylic acid groups (broad SMARTS) is 1. The van der Waals surface area contributed by atoms with Crippen molar-refractivity contribution in [2.75, 3.05) is 6.54 Å². The Labute approximate surface area is 82.2 Å². The Hall–Kier alpha value is -1.07. The first-order valence-electron chi connectivity index (χ1n) is 4.68. The topological polar surface area (TPSA) is 81.0 Å². The number of carbonyl (C=O) groups is 1. The second-order valence-electron chi connectivity index (χ2n) is 3.30. The SMILES string of the molecule is CC/C(C(=O)O)=C1\C(O)CCCN1O. The Kier molecular flexibility index (Phi) is 3.49. The van der Waals surface area contributed by atoms with E-state index in [0.29, 0.717) is 25.8 Å². The highest BCUT2D eigenvalue weighted by atomic mass is 16.5. The average Bonchev–Trinajstić information content (AvgIpc) is 2.10. The molecule has 3 N–H and O–H groups in total. The van der Waals surface area contributed by atoms with E-state index in [-0.39, 0.29) is 11.3 Å². The molecule has 0 aromatic carbocycles. The number of aliphatic hydroxyl groups excluding tert-OH is 1. The van der Waals surface area contributed by atoms with Crippen LogP contribution in [0.5, 0.6) is 0 Å². The highest BCUT2D eigenvalue weighted by Crippen LogP contribution is 2.24. The molecule has 1 aliphatic rings. The molecule has 1 aliphatic heterocycles. The molecule has 1 unspecified atom stereocenters. The molecule has 0 saturated carbocycles. The maximum atomic E-state index is 10.8. The van der Waals surface area contributed by atoms with E-state index in [1.54, 1.807) is 6.92 Å². The van der Waals surface area contributed by atoms with Crippen LogP contribution < -0.4 is 0 Å². The highest BCUT2D eigenvalue weighted by Gasteiger charge is 2.27. The number of carboxylic acids is 1. The van der Waals surface area contributed by atoms with Crippen LogP contribution in [0.1, 0.15) is 26.2 Å². The lowest BCUT2D eigenvalue weighted by Gasteiger charge is -2.30. The number of nitrogens with zero attached hydrogens (tertiary/aromatic N) is 1. The minimum atomic E-state index is -1.08. The summed E-state index contributed by atoms with van der Waals surface area (Å²) in [5, 5.41) is 28.7. The van der Waals surface area contributed by atoms with Crippen molar-refractivity contribution in [1.82, 2.24) is 5.06 Å². The molecule has 1 saturated heterocycles.